The Bertz CT molecular complexity index is 2400. The molecule has 0 fully saturated rings. The average molecular weight is 872 g/mol. The predicted molar refractivity (Wildman–Crippen MR) is 182 cm³/mol. The number of aromatic nitrogens is 8. The molecule has 6 aromatic rings. The van der Waals surface area contributed by atoms with Gasteiger partial charge in [-0.25, -0.2) is 10.2 Å². The van der Waals surface area contributed by atoms with Gasteiger partial charge in [0.15, 0.2) is 0 Å². The molecule has 0 saturated heterocycles. The molecule has 0 aliphatic rings. The molecular formula is C28H22K3N10O8S4+3. The van der Waals surface area contributed by atoms with Gasteiger partial charge in [0, 0.05) is 11.4 Å². The van der Waals surface area contributed by atoms with Crippen LogP contribution in [0.2, 0.25) is 0 Å². The molecule has 0 aliphatic heterocycles. The van der Waals surface area contributed by atoms with Crippen LogP contribution in [0.1, 0.15) is 20.7 Å². The molecule has 6 rings (SSSR count). The van der Waals surface area contributed by atoms with Crippen molar-refractivity contribution in [2.45, 2.75) is 9.79 Å². The molecule has 2 heterocycles. The van der Waals surface area contributed by atoms with Crippen molar-refractivity contribution in [3.05, 3.63) is 118 Å². The summed E-state index contributed by atoms with van der Waals surface area (Å²) in [6.07, 6.45) is 0. The van der Waals surface area contributed by atoms with E-state index in [9.17, 15) is 35.5 Å². The van der Waals surface area contributed by atoms with E-state index in [1.165, 1.54) is 46.0 Å². The maximum atomic E-state index is 12.4. The number of benzene rings is 4. The topological polar surface area (TPSA) is 260 Å². The standard InChI is InChI=1S/2C14H11N5O4S2.3K/c2*20-13(11-6-1-2-7-12(11)25(21,22)23)15-9-4-3-5-10(8-9)19-17-14(24)16-18-19;;;/h2*1-8H,(H,15,20)(H,17,24)(H,21,22,23);;;/q;;3*+1. The number of hydrogen-bond donors (Lipinski definition) is 6. The Balaban J connectivity index is 0.000000347. The van der Waals surface area contributed by atoms with E-state index in [0.29, 0.717) is 22.7 Å². The minimum Gasteiger partial charge on any atom is -0.322 e. The van der Waals surface area contributed by atoms with E-state index < -0.39 is 41.8 Å². The zero-order valence-electron chi connectivity index (χ0n) is 27.9. The van der Waals surface area contributed by atoms with Gasteiger partial charge in [-0.3, -0.25) is 18.7 Å². The molecule has 0 spiro atoms. The monoisotopic (exact) mass is 871 g/mol. The zero-order valence-corrected chi connectivity index (χ0v) is 40.5. The van der Waals surface area contributed by atoms with Crippen LogP contribution in [0.25, 0.3) is 11.4 Å². The maximum absolute atomic E-state index is 12.4. The number of aromatic amines is 2. The Morgan fingerprint density at radius 1 is 0.585 bits per heavy atom. The van der Waals surface area contributed by atoms with Crippen molar-refractivity contribution in [2.24, 2.45) is 0 Å². The van der Waals surface area contributed by atoms with Gasteiger partial charge in [-0.15, -0.1) is 0 Å². The fourth-order valence-corrected chi connectivity index (χ4v) is 5.88. The number of H-pyrrole nitrogens is 2. The Morgan fingerprint density at radius 3 is 1.26 bits per heavy atom. The average Bonchev–Trinajstić information content (AvgIpc) is 3.72. The second-order valence-electron chi connectivity index (χ2n) is 9.79. The first-order chi connectivity index (χ1) is 23.7. The molecule has 25 heteroatoms. The van der Waals surface area contributed by atoms with Gasteiger partial charge in [-0.05, 0) is 95.5 Å². The van der Waals surface area contributed by atoms with Crippen molar-refractivity contribution in [1.82, 2.24) is 40.4 Å². The first-order valence-corrected chi connectivity index (χ1v) is 17.4. The van der Waals surface area contributed by atoms with Gasteiger partial charge < -0.3 is 10.6 Å². The van der Waals surface area contributed by atoms with Crippen LogP contribution in [0.15, 0.2) is 107 Å². The van der Waals surface area contributed by atoms with E-state index in [4.69, 9.17) is 24.4 Å². The van der Waals surface area contributed by atoms with E-state index in [1.807, 2.05) is 0 Å². The van der Waals surface area contributed by atoms with Gasteiger partial charge in [-0.2, -0.15) is 26.4 Å². The minimum absolute atomic E-state index is 0. The molecule has 0 atom stereocenters. The molecular weight excluding hydrogens is 850 g/mol. The number of tetrazole rings is 2. The summed E-state index contributed by atoms with van der Waals surface area (Å²) in [5.74, 6) is -1.37. The Labute approximate surface area is 439 Å². The van der Waals surface area contributed by atoms with Gasteiger partial charge in [-0.1, -0.05) is 46.6 Å². The van der Waals surface area contributed by atoms with Crippen LogP contribution in [0.4, 0.5) is 11.4 Å². The van der Waals surface area contributed by atoms with Crippen LogP contribution in [0.3, 0.4) is 0 Å². The van der Waals surface area contributed by atoms with Crippen LogP contribution in [-0.4, -0.2) is 78.2 Å². The summed E-state index contributed by atoms with van der Waals surface area (Å²) in [5, 5.41) is 25.5. The van der Waals surface area contributed by atoms with Gasteiger partial charge in [0.25, 0.3) is 32.1 Å². The van der Waals surface area contributed by atoms with Crippen molar-refractivity contribution >= 4 is 67.9 Å². The van der Waals surface area contributed by atoms with Crippen LogP contribution in [-0.2, 0) is 20.2 Å². The van der Waals surface area contributed by atoms with Crippen molar-refractivity contribution in [1.29, 1.82) is 0 Å². The summed E-state index contributed by atoms with van der Waals surface area (Å²) in [6, 6.07) is 23.9. The van der Waals surface area contributed by atoms with E-state index in [2.05, 4.69) is 41.5 Å². The summed E-state index contributed by atoms with van der Waals surface area (Å²) < 4.78 is 64.5. The second-order valence-corrected chi connectivity index (χ2v) is 13.3. The van der Waals surface area contributed by atoms with E-state index in [1.54, 1.807) is 48.5 Å². The first-order valence-electron chi connectivity index (χ1n) is 13.7. The fraction of sp³-hybridized carbons (Fsp3) is 0. The van der Waals surface area contributed by atoms with E-state index >= 15 is 0 Å². The summed E-state index contributed by atoms with van der Waals surface area (Å²) in [7, 11) is -9.04. The molecule has 53 heavy (non-hydrogen) atoms. The largest absolute Gasteiger partial charge is 1.00 e. The number of rotatable bonds is 8. The van der Waals surface area contributed by atoms with Gasteiger partial charge in [0.1, 0.15) is 9.79 Å². The maximum Gasteiger partial charge on any atom is 1.00 e. The zero-order chi connectivity index (χ0) is 36.1. The molecule has 4 aromatic carbocycles. The summed E-state index contributed by atoms with van der Waals surface area (Å²) in [6.45, 7) is 0. The third-order valence-corrected chi connectivity index (χ3v) is 8.54. The Hall–Kier alpha value is -0.871. The van der Waals surface area contributed by atoms with Crippen LogP contribution >= 0.6 is 24.4 Å². The number of carbonyl (C=O) groups excluding carboxylic acids is 2. The summed E-state index contributed by atoms with van der Waals surface area (Å²) in [5.41, 5.74) is 1.56. The van der Waals surface area contributed by atoms with Gasteiger partial charge in [0.05, 0.1) is 22.5 Å². The number of anilines is 2. The first kappa shape index (κ1) is 48.3. The molecule has 0 bridgehead atoms. The molecule has 18 nitrogen and oxygen atoms in total. The van der Waals surface area contributed by atoms with Crippen molar-refractivity contribution in [2.75, 3.05) is 10.6 Å². The second kappa shape index (κ2) is 21.6. The molecule has 0 radical (unpaired) electrons. The van der Waals surface area contributed by atoms with Gasteiger partial charge in [0.2, 0.25) is 9.54 Å². The minimum atomic E-state index is -4.52. The smallest absolute Gasteiger partial charge is 0.322 e. The normalized spacial score (nSPS) is 10.6. The molecule has 0 aliphatic carbocycles. The Kier molecular flexibility index (Phi) is 19.7. The fourth-order valence-electron chi connectivity index (χ4n) is 4.26. The summed E-state index contributed by atoms with van der Waals surface area (Å²) in [4.78, 5) is 26.5. The quantitative estimate of drug-likeness (QED) is 0.0475. The van der Waals surface area contributed by atoms with Crippen LogP contribution < -0.4 is 165 Å². The van der Waals surface area contributed by atoms with E-state index in [-0.39, 0.29) is 175 Å². The van der Waals surface area contributed by atoms with Crippen molar-refractivity contribution in [3.63, 3.8) is 0 Å². The number of nitrogens with one attached hydrogen (secondary N) is 4. The SMILES string of the molecule is O=C(Nc1cccc(-n2nnc(=S)[nH]2)c1)c1ccccc1S(=O)(=O)O.O=C(Nc1cccc(-n2nnc(=S)[nH]2)c1)c1ccccc1S(=O)(=O)O.[K+].[K+].[K+]. The molecule has 0 saturated carbocycles. The summed E-state index contributed by atoms with van der Waals surface area (Å²) >= 11 is 9.70. The van der Waals surface area contributed by atoms with Crippen molar-refractivity contribution in [3.8, 4) is 11.4 Å². The molecule has 0 unspecified atom stereocenters. The number of hydrogen-bond acceptors (Lipinski definition) is 12. The van der Waals surface area contributed by atoms with Crippen LogP contribution in [0.5, 0.6) is 0 Å². The third kappa shape index (κ3) is 13.6. The molecule has 256 valence electrons. The van der Waals surface area contributed by atoms with Crippen molar-refractivity contribution < 1.29 is 190 Å². The van der Waals surface area contributed by atoms with E-state index in [0.717, 1.165) is 12.1 Å². The third-order valence-electron chi connectivity index (χ3n) is 6.37. The number of carbonyl (C=O) groups is 2. The number of nitrogens with zero attached hydrogens (tertiary/aromatic N) is 6. The predicted octanol–water partition coefficient (Wildman–Crippen LogP) is -5.34. The van der Waals surface area contributed by atoms with Gasteiger partial charge >= 0.3 is 154 Å². The number of amides is 2. The molecule has 2 aromatic heterocycles. The molecule has 6 N–H and O–H groups in total. The van der Waals surface area contributed by atoms with Crippen LogP contribution in [0, 0.1) is 9.54 Å². The Morgan fingerprint density at radius 2 is 0.943 bits per heavy atom. The molecule has 2 amide bonds.